The third-order valence-corrected chi connectivity index (χ3v) is 1.12. The Bertz CT molecular complexity index is 112. The van der Waals surface area contributed by atoms with Crippen molar-refractivity contribution in [3.63, 3.8) is 0 Å². The van der Waals surface area contributed by atoms with Crippen molar-refractivity contribution in [2.24, 2.45) is 11.7 Å². The van der Waals surface area contributed by atoms with Crippen molar-refractivity contribution in [1.82, 2.24) is 0 Å². The average Bonchev–Trinajstić information content (AvgIpc) is 1.58. The first kappa shape index (κ1) is 9.27. The number of rotatable bonds is 3. The minimum atomic E-state index is -0.687. The van der Waals surface area contributed by atoms with Crippen molar-refractivity contribution < 1.29 is 9.53 Å². The minimum absolute atomic E-state index is 0.0579. The highest BCUT2D eigenvalue weighted by Crippen LogP contribution is 2.06. The molecule has 0 bridgehead atoms. The molecule has 10 heavy (non-hydrogen) atoms. The maximum atomic E-state index is 10.2. The van der Waals surface area contributed by atoms with Crippen LogP contribution >= 0.6 is 0 Å². The standard InChI is InChI=1S/C7H15NO2/c1-5(2)4-6(3)10-7(8)9/h5-6H,4H2,1-3H3,(H2,8,9). The Morgan fingerprint density at radius 1 is 1.50 bits per heavy atom. The maximum Gasteiger partial charge on any atom is 0.404 e. The van der Waals surface area contributed by atoms with E-state index in [4.69, 9.17) is 10.5 Å². The zero-order valence-electron chi connectivity index (χ0n) is 6.76. The van der Waals surface area contributed by atoms with E-state index in [-0.39, 0.29) is 6.10 Å². The Balaban J connectivity index is 3.43. The highest BCUT2D eigenvalue weighted by molar-refractivity contribution is 5.64. The summed E-state index contributed by atoms with van der Waals surface area (Å²) in [4.78, 5) is 10.2. The minimum Gasteiger partial charge on any atom is -0.447 e. The molecule has 3 nitrogen and oxygen atoms in total. The topological polar surface area (TPSA) is 52.3 Å². The van der Waals surface area contributed by atoms with Crippen LogP contribution in [-0.4, -0.2) is 12.2 Å². The zero-order valence-corrected chi connectivity index (χ0v) is 6.76. The van der Waals surface area contributed by atoms with Gasteiger partial charge in [0.05, 0.1) is 0 Å². The van der Waals surface area contributed by atoms with Gasteiger partial charge in [0.25, 0.3) is 0 Å². The summed E-state index contributed by atoms with van der Waals surface area (Å²) < 4.78 is 4.70. The molecule has 1 unspecified atom stereocenters. The fraction of sp³-hybridized carbons (Fsp3) is 0.857. The van der Waals surface area contributed by atoms with Crippen LogP contribution in [-0.2, 0) is 4.74 Å². The van der Waals surface area contributed by atoms with Crippen molar-refractivity contribution in [2.75, 3.05) is 0 Å². The lowest BCUT2D eigenvalue weighted by Crippen LogP contribution is -2.21. The van der Waals surface area contributed by atoms with Gasteiger partial charge >= 0.3 is 6.09 Å². The summed E-state index contributed by atoms with van der Waals surface area (Å²) in [5.74, 6) is 0.536. The SMILES string of the molecule is CC(C)CC(C)OC(N)=O. The van der Waals surface area contributed by atoms with E-state index in [0.717, 1.165) is 6.42 Å². The van der Waals surface area contributed by atoms with Crippen molar-refractivity contribution in [1.29, 1.82) is 0 Å². The molecule has 0 aromatic heterocycles. The molecule has 0 fully saturated rings. The third kappa shape index (κ3) is 5.41. The first-order chi connectivity index (χ1) is 4.52. The van der Waals surface area contributed by atoms with Crippen LogP contribution in [0.2, 0.25) is 0 Å². The van der Waals surface area contributed by atoms with Crippen LogP contribution in [0.15, 0.2) is 0 Å². The number of ether oxygens (including phenoxy) is 1. The Hall–Kier alpha value is -0.730. The van der Waals surface area contributed by atoms with Crippen molar-refractivity contribution in [3.8, 4) is 0 Å². The number of hydrogen-bond acceptors (Lipinski definition) is 2. The van der Waals surface area contributed by atoms with Crippen LogP contribution < -0.4 is 5.73 Å². The molecule has 1 atom stereocenters. The molecule has 0 aromatic carbocycles. The summed E-state index contributed by atoms with van der Waals surface area (Å²) in [5.41, 5.74) is 4.81. The van der Waals surface area contributed by atoms with E-state index in [1.807, 2.05) is 6.92 Å². The first-order valence-corrected chi connectivity index (χ1v) is 3.48. The van der Waals surface area contributed by atoms with E-state index in [2.05, 4.69) is 13.8 Å². The van der Waals surface area contributed by atoms with E-state index in [1.165, 1.54) is 0 Å². The van der Waals surface area contributed by atoms with Crippen LogP contribution in [0.5, 0.6) is 0 Å². The molecule has 0 saturated carbocycles. The largest absolute Gasteiger partial charge is 0.447 e. The molecule has 60 valence electrons. The number of carbonyl (C=O) groups excluding carboxylic acids is 1. The summed E-state index contributed by atoms with van der Waals surface area (Å²) in [6.07, 6.45) is 0.119. The first-order valence-electron chi connectivity index (χ1n) is 3.48. The van der Waals surface area contributed by atoms with Gasteiger partial charge in [-0.2, -0.15) is 0 Å². The zero-order chi connectivity index (χ0) is 8.15. The van der Waals surface area contributed by atoms with Crippen molar-refractivity contribution in [2.45, 2.75) is 33.3 Å². The fourth-order valence-electron chi connectivity index (χ4n) is 0.910. The van der Waals surface area contributed by atoms with E-state index in [9.17, 15) is 4.79 Å². The summed E-state index contributed by atoms with van der Waals surface area (Å²) >= 11 is 0. The molecule has 0 heterocycles. The second-order valence-electron chi connectivity index (χ2n) is 2.88. The Morgan fingerprint density at radius 3 is 2.30 bits per heavy atom. The predicted molar refractivity (Wildman–Crippen MR) is 39.6 cm³/mol. The highest BCUT2D eigenvalue weighted by Gasteiger charge is 2.07. The van der Waals surface area contributed by atoms with E-state index < -0.39 is 6.09 Å². The van der Waals surface area contributed by atoms with Crippen LogP contribution in [0.25, 0.3) is 0 Å². The molecular weight excluding hydrogens is 130 g/mol. The van der Waals surface area contributed by atoms with Gasteiger partial charge in [0.2, 0.25) is 0 Å². The lowest BCUT2D eigenvalue weighted by molar-refractivity contribution is 0.104. The van der Waals surface area contributed by atoms with Crippen LogP contribution in [0.3, 0.4) is 0 Å². The molecule has 0 saturated heterocycles. The quantitative estimate of drug-likeness (QED) is 0.654. The normalized spacial score (nSPS) is 13.2. The fourth-order valence-corrected chi connectivity index (χ4v) is 0.910. The molecule has 0 aliphatic heterocycles. The molecule has 0 aliphatic rings. The Kier molecular flexibility index (Phi) is 3.84. The van der Waals surface area contributed by atoms with Gasteiger partial charge in [-0.3, -0.25) is 0 Å². The second kappa shape index (κ2) is 4.14. The number of nitrogens with two attached hydrogens (primary N) is 1. The van der Waals surface area contributed by atoms with Gasteiger partial charge < -0.3 is 10.5 Å². The molecule has 0 aromatic rings. The molecule has 0 spiro atoms. The Labute approximate surface area is 61.5 Å². The van der Waals surface area contributed by atoms with Gasteiger partial charge in [0.1, 0.15) is 6.10 Å². The van der Waals surface area contributed by atoms with Crippen molar-refractivity contribution >= 4 is 6.09 Å². The Morgan fingerprint density at radius 2 is 2.00 bits per heavy atom. The van der Waals surface area contributed by atoms with E-state index >= 15 is 0 Å². The lowest BCUT2D eigenvalue weighted by Gasteiger charge is -2.12. The van der Waals surface area contributed by atoms with Gasteiger partial charge in [-0.25, -0.2) is 4.79 Å². The van der Waals surface area contributed by atoms with Crippen LogP contribution in [0, 0.1) is 5.92 Å². The van der Waals surface area contributed by atoms with Gasteiger partial charge in [0.15, 0.2) is 0 Å². The summed E-state index contributed by atoms with van der Waals surface area (Å²) in [6, 6.07) is 0. The summed E-state index contributed by atoms with van der Waals surface area (Å²) in [6.45, 7) is 5.98. The average molecular weight is 145 g/mol. The number of primary amides is 1. The summed E-state index contributed by atoms with van der Waals surface area (Å²) in [5, 5.41) is 0. The number of hydrogen-bond donors (Lipinski definition) is 1. The molecule has 0 rings (SSSR count). The number of carbonyl (C=O) groups is 1. The summed E-state index contributed by atoms with van der Waals surface area (Å²) in [7, 11) is 0. The molecular formula is C7H15NO2. The monoisotopic (exact) mass is 145 g/mol. The van der Waals surface area contributed by atoms with E-state index in [0.29, 0.717) is 5.92 Å². The second-order valence-corrected chi connectivity index (χ2v) is 2.88. The molecule has 1 amide bonds. The highest BCUT2D eigenvalue weighted by atomic mass is 16.6. The van der Waals surface area contributed by atoms with E-state index in [1.54, 1.807) is 0 Å². The van der Waals surface area contributed by atoms with Gasteiger partial charge in [-0.1, -0.05) is 13.8 Å². The van der Waals surface area contributed by atoms with Gasteiger partial charge in [0, 0.05) is 0 Å². The van der Waals surface area contributed by atoms with Gasteiger partial charge in [-0.05, 0) is 19.3 Å². The lowest BCUT2D eigenvalue weighted by atomic mass is 10.1. The van der Waals surface area contributed by atoms with Crippen LogP contribution in [0.4, 0.5) is 4.79 Å². The molecule has 3 heteroatoms. The van der Waals surface area contributed by atoms with Crippen LogP contribution in [0.1, 0.15) is 27.2 Å². The predicted octanol–water partition coefficient (Wildman–Crippen LogP) is 1.52. The maximum absolute atomic E-state index is 10.2. The molecule has 0 radical (unpaired) electrons. The third-order valence-electron chi connectivity index (χ3n) is 1.12. The number of amides is 1. The smallest absolute Gasteiger partial charge is 0.404 e. The van der Waals surface area contributed by atoms with Gasteiger partial charge in [-0.15, -0.1) is 0 Å². The van der Waals surface area contributed by atoms with Crippen molar-refractivity contribution in [3.05, 3.63) is 0 Å². The molecule has 2 N–H and O–H groups in total. The molecule has 0 aliphatic carbocycles.